The van der Waals surface area contributed by atoms with E-state index in [0.29, 0.717) is 18.2 Å². The maximum Gasteiger partial charge on any atom is 0.296 e. The quantitative estimate of drug-likeness (QED) is 0.0714. The van der Waals surface area contributed by atoms with Crippen LogP contribution in [-0.2, 0) is 50.3 Å². The Kier molecular flexibility index (Phi) is 11.5. The molecular weight excluding hydrogens is 945 g/mol. The molecule has 1 aliphatic carbocycles. The molecule has 0 radical (unpaired) electrons. The number of carbonyl (C=O) groups excluding carboxylic acids is 1. The van der Waals surface area contributed by atoms with Gasteiger partial charge < -0.3 is 10.4 Å². The van der Waals surface area contributed by atoms with Crippen LogP contribution >= 0.6 is 0 Å². The van der Waals surface area contributed by atoms with Crippen molar-refractivity contribution in [1.29, 1.82) is 0 Å². The summed E-state index contributed by atoms with van der Waals surface area (Å²) in [5, 5.41) is 11.6. The predicted molar refractivity (Wildman–Crippen MR) is 226 cm³/mol. The minimum atomic E-state index is -5.45. The predicted octanol–water partition coefficient (Wildman–Crippen LogP) is 2.87. The van der Waals surface area contributed by atoms with Crippen molar-refractivity contribution >= 4 is 94.9 Å². The largest absolute Gasteiger partial charge is 0.506 e. The second-order valence-electron chi connectivity index (χ2n) is 14.0. The van der Waals surface area contributed by atoms with Gasteiger partial charge in [-0.15, -0.1) is 0 Å². The summed E-state index contributed by atoms with van der Waals surface area (Å²) in [6.45, 7) is 0. The summed E-state index contributed by atoms with van der Waals surface area (Å²) in [5.41, 5.74) is -5.10. The number of hydrogen-bond acceptors (Lipinski definition) is 16. The van der Waals surface area contributed by atoms with Crippen molar-refractivity contribution in [3.05, 3.63) is 144 Å². The molecule has 1 aliphatic heterocycles. The molecule has 0 aromatic heterocycles. The smallest absolute Gasteiger partial charge is 0.296 e. The molecule has 25 heteroatoms. The van der Waals surface area contributed by atoms with Gasteiger partial charge in [-0.1, -0.05) is 48.5 Å². The van der Waals surface area contributed by atoms with Crippen LogP contribution in [0.2, 0.25) is 0 Å². The number of ketones is 1. The van der Waals surface area contributed by atoms with Crippen LogP contribution in [0.4, 0.5) is 11.4 Å². The van der Waals surface area contributed by atoms with Gasteiger partial charge in [0.25, 0.3) is 46.0 Å². The van der Waals surface area contributed by atoms with E-state index in [0.717, 1.165) is 42.5 Å². The van der Waals surface area contributed by atoms with Crippen LogP contribution in [0.1, 0.15) is 28.8 Å². The Morgan fingerprint density at radius 3 is 1.75 bits per heavy atom. The van der Waals surface area contributed by atoms with Crippen LogP contribution in [0.5, 0.6) is 0 Å². The molecule has 2 aliphatic rings. The van der Waals surface area contributed by atoms with Gasteiger partial charge in [0.15, 0.2) is 21.0 Å². The summed E-state index contributed by atoms with van der Waals surface area (Å²) in [6.07, 6.45) is -0.822. The van der Waals surface area contributed by atoms with Gasteiger partial charge in [-0.05, 0) is 60.3 Å². The van der Waals surface area contributed by atoms with Gasteiger partial charge in [0.2, 0.25) is 0 Å². The molecule has 332 valence electrons. The second kappa shape index (κ2) is 16.1. The fourth-order valence-electron chi connectivity index (χ4n) is 7.08. The lowest BCUT2D eigenvalue weighted by molar-refractivity contribution is 0.0981. The number of fused-ring (bicyclic) bond motifs is 2. The maximum atomic E-state index is 14.5. The second-order valence-corrected chi connectivity index (χ2v) is 21.7. The molecule has 20 nitrogen and oxygen atoms in total. The first-order chi connectivity index (χ1) is 29.7. The Morgan fingerprint density at radius 2 is 1.16 bits per heavy atom. The first kappa shape index (κ1) is 45.7. The Bertz CT molecular complexity index is 4000. The fourth-order valence-corrected chi connectivity index (χ4v) is 10.8. The summed E-state index contributed by atoms with van der Waals surface area (Å²) >= 11 is 0. The van der Waals surface area contributed by atoms with Crippen molar-refractivity contribution in [1.82, 2.24) is 4.98 Å². The molecule has 5 aromatic carbocycles. The zero-order chi connectivity index (χ0) is 46.9. The molecule has 64 heavy (non-hydrogen) atoms. The summed E-state index contributed by atoms with van der Waals surface area (Å²) < 4.78 is 165. The number of sulfone groups is 1. The van der Waals surface area contributed by atoms with Crippen LogP contribution in [0.15, 0.2) is 131 Å². The lowest BCUT2D eigenvalue weighted by atomic mass is 9.96. The number of aromatic nitrogens is 1. The average Bonchev–Trinajstić information content (AvgIpc) is 3.21. The topological polar surface area (TPSA) is 348 Å². The Morgan fingerprint density at radius 1 is 0.578 bits per heavy atom. The third-order valence-corrected chi connectivity index (χ3v) is 15.2. The molecular formula is C39H28N2O18S5. The number of aliphatic hydroxyl groups excluding tert-OH is 1. The van der Waals surface area contributed by atoms with Crippen molar-refractivity contribution in [3.63, 3.8) is 0 Å². The Hall–Kier alpha value is -6.29. The van der Waals surface area contributed by atoms with Crippen molar-refractivity contribution in [2.24, 2.45) is 0 Å². The zero-order valence-corrected chi connectivity index (χ0v) is 36.0. The minimum absolute atomic E-state index is 0.105. The third-order valence-electron chi connectivity index (χ3n) is 9.91. The van der Waals surface area contributed by atoms with Gasteiger partial charge in [-0.25, -0.2) is 13.4 Å². The molecule has 0 atom stereocenters. The van der Waals surface area contributed by atoms with Gasteiger partial charge in [-0.2, -0.15) is 33.7 Å². The third kappa shape index (κ3) is 8.67. The fraction of sp³-hybridized carbons (Fsp3) is 0.0769. The molecule has 0 saturated carbocycles. The highest BCUT2D eigenvalue weighted by molar-refractivity contribution is 7.91. The van der Waals surface area contributed by atoms with E-state index in [-0.39, 0.29) is 33.5 Å². The molecule has 0 bridgehead atoms. The van der Waals surface area contributed by atoms with E-state index >= 15 is 0 Å². The van der Waals surface area contributed by atoms with Crippen molar-refractivity contribution in [2.45, 2.75) is 37.3 Å². The maximum absolute atomic E-state index is 14.5. The molecule has 0 fully saturated rings. The van der Waals surface area contributed by atoms with Gasteiger partial charge in [0.1, 0.15) is 15.6 Å². The van der Waals surface area contributed by atoms with E-state index in [9.17, 15) is 79.8 Å². The highest BCUT2D eigenvalue weighted by atomic mass is 32.2. The molecule has 0 unspecified atom stereocenters. The standard InChI is InChI=1S/C39H28N2O18S5/c42-29(20-6-3-8-23(16-20)61(48,49)50)12-5-15-60(46,47)22-13-14-30(63(54,55)56)27(18-22)40-28-19-31(64(57,58)59)36-34-32(25-10-1-2-11-26(25)38(44)33(28)34)35(39(45)41-36)37(43)21-7-4-9-24(17-21)62(51,52)53/h1-4,6-11,13-14,16-19,40,43H,5,12,15H2,(H,48,49,50)(H,51,52,53)(H,54,55,56)(H,57,58,59). The number of hydrogen-bond donors (Lipinski definition) is 6. The monoisotopic (exact) mass is 972 g/mol. The van der Waals surface area contributed by atoms with Crippen molar-refractivity contribution in [3.8, 4) is 0 Å². The molecule has 0 saturated heterocycles. The highest BCUT2D eigenvalue weighted by Crippen LogP contribution is 2.35. The zero-order valence-electron chi connectivity index (χ0n) is 31.9. The molecule has 7 rings (SSSR count). The van der Waals surface area contributed by atoms with Crippen LogP contribution < -0.4 is 21.5 Å². The Labute approximate surface area is 361 Å². The number of nitrogens with zero attached hydrogens (tertiary/aromatic N) is 1. The first-order valence-corrected chi connectivity index (χ1v) is 25.3. The number of carbonyl (C=O) groups is 1. The first-order valence-electron chi connectivity index (χ1n) is 17.9. The lowest BCUT2D eigenvalue weighted by Gasteiger charge is -2.17. The van der Waals surface area contributed by atoms with Gasteiger partial charge in [0, 0.05) is 33.4 Å². The molecule has 0 spiro atoms. The van der Waals surface area contributed by atoms with E-state index in [1.807, 2.05) is 0 Å². The minimum Gasteiger partial charge on any atom is -0.506 e. The number of Topliss-reactive ketones (excluding diaryl/α,β-unsaturated/α-hetero) is 1. The van der Waals surface area contributed by atoms with E-state index in [1.54, 1.807) is 0 Å². The van der Waals surface area contributed by atoms with Crippen molar-refractivity contribution in [2.75, 3.05) is 11.1 Å². The number of rotatable bonds is 13. The van der Waals surface area contributed by atoms with Gasteiger partial charge in [0.05, 0.1) is 47.9 Å². The van der Waals surface area contributed by atoms with E-state index in [2.05, 4.69) is 10.3 Å². The van der Waals surface area contributed by atoms with Crippen molar-refractivity contribution < 1.29 is 70.2 Å². The van der Waals surface area contributed by atoms with Crippen LogP contribution in [0.3, 0.4) is 0 Å². The summed E-state index contributed by atoms with van der Waals surface area (Å²) in [7, 11) is -24.7. The number of benzene rings is 5. The normalized spacial score (nSPS) is 13.4. The summed E-state index contributed by atoms with van der Waals surface area (Å²) in [6, 6.07) is 16.5. The van der Waals surface area contributed by atoms with Crippen LogP contribution in [-0.4, -0.2) is 81.9 Å². The highest BCUT2D eigenvalue weighted by Gasteiger charge is 2.28. The molecule has 6 N–H and O–H groups in total. The molecule has 5 aromatic rings. The van der Waals surface area contributed by atoms with E-state index in [1.165, 1.54) is 36.4 Å². The van der Waals surface area contributed by atoms with Gasteiger partial charge >= 0.3 is 0 Å². The molecule has 0 amide bonds. The van der Waals surface area contributed by atoms with E-state index in [4.69, 9.17) is 0 Å². The van der Waals surface area contributed by atoms with Gasteiger partial charge in [-0.3, -0.25) is 32.6 Å². The summed E-state index contributed by atoms with van der Waals surface area (Å²) in [4.78, 5) is 40.9. The van der Waals surface area contributed by atoms with Crippen LogP contribution in [0, 0.1) is 10.4 Å². The Balaban J connectivity index is 1.46. The lowest BCUT2D eigenvalue weighted by Crippen LogP contribution is -2.33. The number of anilines is 2. The number of nitrogens with one attached hydrogen (secondary N) is 1. The number of aliphatic hydroxyl groups is 1. The average molecular weight is 973 g/mol. The summed E-state index contributed by atoms with van der Waals surface area (Å²) in [5.74, 6) is -2.44. The van der Waals surface area contributed by atoms with E-state index < -0.39 is 142 Å². The SMILES string of the molecule is O=C(CCCS(=O)(=O)c1ccc(S(=O)(=O)O)c(Nc2cc(S(=O)(=O)O)c3nc(=O)c(=C(O)c4cccc(S(=O)(=O)O)c4)c4c5ccccc5c(=O)c2c3=4)c1)c1cccc(S(=O)(=O)O)c1. The molecule has 1 heterocycles. The van der Waals surface area contributed by atoms with Crippen LogP contribution in [0.25, 0.3) is 27.4 Å².